The van der Waals surface area contributed by atoms with Crippen LogP contribution in [0.5, 0.6) is 0 Å². The molecule has 0 heterocycles. The molecule has 2 nitrogen and oxygen atoms in total. The number of methoxy groups -OCH3 is 1. The Balaban J connectivity index is 3.12. The predicted molar refractivity (Wildman–Crippen MR) is 87.3 cm³/mol. The Bertz CT molecular complexity index is 371. The SMILES string of the molecule is CCNC(c1ccc(C(C)C)cc1)C(CC)(CC)OC. The van der Waals surface area contributed by atoms with Gasteiger partial charge in [-0.15, -0.1) is 0 Å². The number of nitrogens with one attached hydrogen (secondary N) is 1. The third-order valence-corrected chi connectivity index (χ3v) is 4.47. The molecular weight excluding hydrogens is 246 g/mol. The minimum absolute atomic E-state index is 0.130. The zero-order valence-electron chi connectivity index (χ0n) is 14.0. The van der Waals surface area contributed by atoms with Gasteiger partial charge in [-0.05, 0) is 36.4 Å². The summed E-state index contributed by atoms with van der Waals surface area (Å²) < 4.78 is 5.92. The highest BCUT2D eigenvalue weighted by Crippen LogP contribution is 2.35. The summed E-state index contributed by atoms with van der Waals surface area (Å²) in [5.74, 6) is 0.575. The van der Waals surface area contributed by atoms with Crippen molar-refractivity contribution < 1.29 is 4.74 Å². The number of benzene rings is 1. The van der Waals surface area contributed by atoms with Gasteiger partial charge in [-0.25, -0.2) is 0 Å². The molecule has 1 aromatic carbocycles. The summed E-state index contributed by atoms with van der Waals surface area (Å²) in [5.41, 5.74) is 2.58. The fourth-order valence-electron chi connectivity index (χ4n) is 2.95. The van der Waals surface area contributed by atoms with Gasteiger partial charge in [0.15, 0.2) is 0 Å². The van der Waals surface area contributed by atoms with E-state index in [0.29, 0.717) is 5.92 Å². The third kappa shape index (κ3) is 3.62. The quantitative estimate of drug-likeness (QED) is 0.746. The lowest BCUT2D eigenvalue weighted by atomic mass is 9.83. The summed E-state index contributed by atoms with van der Waals surface area (Å²) in [6, 6.07) is 9.24. The molecule has 0 amide bonds. The molecule has 0 aliphatic heterocycles. The second-order valence-electron chi connectivity index (χ2n) is 5.79. The van der Waals surface area contributed by atoms with E-state index in [1.807, 2.05) is 7.11 Å². The summed E-state index contributed by atoms with van der Waals surface area (Å²) in [4.78, 5) is 0. The van der Waals surface area contributed by atoms with Gasteiger partial charge >= 0.3 is 0 Å². The Morgan fingerprint density at radius 1 is 1.00 bits per heavy atom. The van der Waals surface area contributed by atoms with Crippen LogP contribution in [0.4, 0.5) is 0 Å². The van der Waals surface area contributed by atoms with Gasteiger partial charge in [0.1, 0.15) is 0 Å². The van der Waals surface area contributed by atoms with Crippen LogP contribution in [0, 0.1) is 0 Å². The maximum absolute atomic E-state index is 5.92. The van der Waals surface area contributed by atoms with E-state index in [1.165, 1.54) is 11.1 Å². The summed E-state index contributed by atoms with van der Waals surface area (Å²) in [6.07, 6.45) is 2.01. The summed E-state index contributed by atoms with van der Waals surface area (Å²) in [5, 5.41) is 3.62. The van der Waals surface area contributed by atoms with E-state index in [4.69, 9.17) is 4.74 Å². The van der Waals surface area contributed by atoms with Crippen molar-refractivity contribution in [2.24, 2.45) is 0 Å². The van der Waals surface area contributed by atoms with Crippen molar-refractivity contribution in [2.75, 3.05) is 13.7 Å². The molecule has 0 radical (unpaired) electrons. The molecule has 20 heavy (non-hydrogen) atoms. The smallest absolute Gasteiger partial charge is 0.0867 e. The zero-order chi connectivity index (χ0) is 15.2. The zero-order valence-corrected chi connectivity index (χ0v) is 14.0. The topological polar surface area (TPSA) is 21.3 Å². The number of ether oxygens (including phenoxy) is 1. The van der Waals surface area contributed by atoms with E-state index in [9.17, 15) is 0 Å². The number of hydrogen-bond donors (Lipinski definition) is 1. The molecular formula is C18H31NO. The average molecular weight is 277 g/mol. The van der Waals surface area contributed by atoms with Crippen LogP contribution in [0.2, 0.25) is 0 Å². The first kappa shape index (κ1) is 17.2. The van der Waals surface area contributed by atoms with Crippen LogP contribution >= 0.6 is 0 Å². The normalized spacial score (nSPS) is 13.8. The summed E-state index contributed by atoms with van der Waals surface area (Å²) in [6.45, 7) is 12.0. The van der Waals surface area contributed by atoms with E-state index >= 15 is 0 Å². The van der Waals surface area contributed by atoms with Crippen molar-refractivity contribution in [1.82, 2.24) is 5.32 Å². The van der Waals surface area contributed by atoms with Crippen molar-refractivity contribution in [1.29, 1.82) is 0 Å². The van der Waals surface area contributed by atoms with Gasteiger partial charge in [-0.2, -0.15) is 0 Å². The van der Waals surface area contributed by atoms with Crippen molar-refractivity contribution in [3.8, 4) is 0 Å². The third-order valence-electron chi connectivity index (χ3n) is 4.47. The van der Waals surface area contributed by atoms with Crippen LogP contribution in [-0.4, -0.2) is 19.3 Å². The molecule has 2 heteroatoms. The van der Waals surface area contributed by atoms with Gasteiger partial charge in [0.05, 0.1) is 11.6 Å². The highest BCUT2D eigenvalue weighted by atomic mass is 16.5. The monoisotopic (exact) mass is 277 g/mol. The molecule has 0 aliphatic carbocycles. The number of rotatable bonds is 8. The molecule has 0 fully saturated rings. The van der Waals surface area contributed by atoms with Crippen LogP contribution in [0.25, 0.3) is 0 Å². The van der Waals surface area contributed by atoms with Gasteiger partial charge in [-0.3, -0.25) is 0 Å². The Morgan fingerprint density at radius 2 is 1.50 bits per heavy atom. The van der Waals surface area contributed by atoms with E-state index in [-0.39, 0.29) is 11.6 Å². The van der Waals surface area contributed by atoms with Crippen molar-refractivity contribution >= 4 is 0 Å². The minimum atomic E-state index is -0.130. The first-order chi connectivity index (χ1) is 9.54. The molecule has 1 N–H and O–H groups in total. The molecule has 1 aromatic rings. The maximum Gasteiger partial charge on any atom is 0.0867 e. The van der Waals surface area contributed by atoms with Gasteiger partial charge in [-0.1, -0.05) is 58.9 Å². The van der Waals surface area contributed by atoms with E-state index in [2.05, 4.69) is 64.2 Å². The van der Waals surface area contributed by atoms with Crippen LogP contribution in [0.15, 0.2) is 24.3 Å². The van der Waals surface area contributed by atoms with E-state index in [0.717, 1.165) is 19.4 Å². The molecule has 1 unspecified atom stereocenters. The van der Waals surface area contributed by atoms with Gasteiger partial charge in [0.2, 0.25) is 0 Å². The van der Waals surface area contributed by atoms with Crippen LogP contribution in [-0.2, 0) is 4.74 Å². The number of hydrogen-bond acceptors (Lipinski definition) is 2. The van der Waals surface area contributed by atoms with Gasteiger partial charge in [0, 0.05) is 7.11 Å². The lowest BCUT2D eigenvalue weighted by molar-refractivity contribution is -0.0482. The predicted octanol–water partition coefficient (Wildman–Crippen LogP) is 4.67. The van der Waals surface area contributed by atoms with Gasteiger partial charge in [0.25, 0.3) is 0 Å². The fraction of sp³-hybridized carbons (Fsp3) is 0.667. The number of likely N-dealkylation sites (N-methyl/N-ethyl adjacent to an activating group) is 1. The summed E-state index contributed by atoms with van der Waals surface area (Å²) in [7, 11) is 1.83. The van der Waals surface area contributed by atoms with Gasteiger partial charge < -0.3 is 10.1 Å². The first-order valence-electron chi connectivity index (χ1n) is 7.93. The molecule has 1 rings (SSSR count). The largest absolute Gasteiger partial charge is 0.376 e. The standard InChI is InChI=1S/C18H31NO/c1-7-18(8-2,20-6)17(19-9-3)16-12-10-15(11-13-16)14(4)5/h10-14,17,19H,7-9H2,1-6H3. The molecule has 1 atom stereocenters. The molecule has 114 valence electrons. The Kier molecular flexibility index (Phi) is 6.70. The van der Waals surface area contributed by atoms with Crippen molar-refractivity contribution in [3.05, 3.63) is 35.4 Å². The molecule has 0 saturated carbocycles. The van der Waals surface area contributed by atoms with Crippen LogP contribution in [0.3, 0.4) is 0 Å². The Labute approximate surface area is 124 Å². The summed E-state index contributed by atoms with van der Waals surface area (Å²) >= 11 is 0. The van der Waals surface area contributed by atoms with E-state index in [1.54, 1.807) is 0 Å². The molecule has 0 aliphatic rings. The Hall–Kier alpha value is -0.860. The molecule has 0 bridgehead atoms. The van der Waals surface area contributed by atoms with Crippen molar-refractivity contribution in [2.45, 2.75) is 65.0 Å². The average Bonchev–Trinajstić information content (AvgIpc) is 2.48. The lowest BCUT2D eigenvalue weighted by Crippen LogP contribution is -2.44. The maximum atomic E-state index is 5.92. The molecule has 0 spiro atoms. The minimum Gasteiger partial charge on any atom is -0.376 e. The lowest BCUT2D eigenvalue weighted by Gasteiger charge is -2.39. The van der Waals surface area contributed by atoms with Crippen LogP contribution < -0.4 is 5.32 Å². The molecule has 0 aromatic heterocycles. The van der Waals surface area contributed by atoms with Crippen LogP contribution in [0.1, 0.15) is 70.5 Å². The highest BCUT2D eigenvalue weighted by Gasteiger charge is 2.36. The first-order valence-corrected chi connectivity index (χ1v) is 7.93. The Morgan fingerprint density at radius 3 is 1.85 bits per heavy atom. The second-order valence-corrected chi connectivity index (χ2v) is 5.79. The van der Waals surface area contributed by atoms with Crippen molar-refractivity contribution in [3.63, 3.8) is 0 Å². The fourth-order valence-corrected chi connectivity index (χ4v) is 2.95. The van der Waals surface area contributed by atoms with E-state index < -0.39 is 0 Å². The second kappa shape index (κ2) is 7.80. The molecule has 0 saturated heterocycles. The highest BCUT2D eigenvalue weighted by molar-refractivity contribution is 5.28.